The van der Waals surface area contributed by atoms with E-state index in [0.29, 0.717) is 13.0 Å². The van der Waals surface area contributed by atoms with Gasteiger partial charge in [-0.1, -0.05) is 6.07 Å². The lowest BCUT2D eigenvalue weighted by molar-refractivity contribution is 0.00428. The molecule has 18 heavy (non-hydrogen) atoms. The molecule has 3 rings (SSSR count). The molecule has 5 heteroatoms. The molecule has 2 nitrogen and oxygen atoms in total. The van der Waals surface area contributed by atoms with E-state index in [1.807, 2.05) is 16.8 Å². The first-order valence-electron chi connectivity index (χ1n) is 6.02. The molecule has 0 N–H and O–H groups in total. The number of hydrogen-bond donors (Lipinski definition) is 0. The quantitative estimate of drug-likeness (QED) is 0.737. The van der Waals surface area contributed by atoms with Crippen LogP contribution in [0.2, 0.25) is 0 Å². The van der Waals surface area contributed by atoms with Crippen molar-refractivity contribution in [2.45, 2.75) is 31.7 Å². The average molecular weight is 362 g/mol. The van der Waals surface area contributed by atoms with Crippen LogP contribution in [0.3, 0.4) is 0 Å². The van der Waals surface area contributed by atoms with Gasteiger partial charge in [-0.05, 0) is 47.1 Å². The fourth-order valence-corrected chi connectivity index (χ4v) is 3.11. The van der Waals surface area contributed by atoms with Gasteiger partial charge in [0, 0.05) is 28.3 Å². The van der Waals surface area contributed by atoms with E-state index in [1.54, 1.807) is 6.20 Å². The van der Waals surface area contributed by atoms with E-state index in [9.17, 15) is 8.78 Å². The van der Waals surface area contributed by atoms with E-state index < -0.39 is 5.92 Å². The average Bonchev–Trinajstić information content (AvgIpc) is 2.84. The van der Waals surface area contributed by atoms with Crippen LogP contribution in [0.4, 0.5) is 8.78 Å². The van der Waals surface area contributed by atoms with Gasteiger partial charge >= 0.3 is 0 Å². The van der Waals surface area contributed by atoms with Gasteiger partial charge < -0.3 is 0 Å². The Morgan fingerprint density at radius 3 is 3.00 bits per heavy atom. The molecule has 0 aliphatic heterocycles. The zero-order valence-corrected chi connectivity index (χ0v) is 11.9. The van der Waals surface area contributed by atoms with Crippen molar-refractivity contribution in [3.05, 3.63) is 28.0 Å². The van der Waals surface area contributed by atoms with Crippen LogP contribution >= 0.6 is 22.6 Å². The Hall–Kier alpha value is -0.720. The van der Waals surface area contributed by atoms with Crippen molar-refractivity contribution in [1.29, 1.82) is 0 Å². The molecular formula is C13H13F2IN2. The maximum atomic E-state index is 13.2. The number of benzene rings is 1. The highest BCUT2D eigenvalue weighted by atomic mass is 127. The number of fused-ring (bicyclic) bond motifs is 1. The summed E-state index contributed by atoms with van der Waals surface area (Å²) in [5.74, 6) is -2.43. The van der Waals surface area contributed by atoms with Gasteiger partial charge in [0.15, 0.2) is 0 Å². The summed E-state index contributed by atoms with van der Waals surface area (Å²) in [4.78, 5) is 0. The lowest BCUT2D eigenvalue weighted by atomic mass is 10.1. The molecule has 0 radical (unpaired) electrons. The molecule has 0 saturated heterocycles. The monoisotopic (exact) mass is 362 g/mol. The fraction of sp³-hybridized carbons (Fsp3) is 0.462. The summed E-state index contributed by atoms with van der Waals surface area (Å²) in [7, 11) is 0. The van der Waals surface area contributed by atoms with E-state index in [-0.39, 0.29) is 18.8 Å². The molecule has 1 aromatic carbocycles. The summed E-state index contributed by atoms with van der Waals surface area (Å²) in [6, 6.07) is 6.10. The third-order valence-corrected chi connectivity index (χ3v) is 4.21. The van der Waals surface area contributed by atoms with Crippen molar-refractivity contribution in [1.82, 2.24) is 9.78 Å². The normalized spacial score (nSPS) is 22.7. The lowest BCUT2D eigenvalue weighted by Crippen LogP contribution is -2.13. The number of nitrogens with zero attached hydrogens (tertiary/aromatic N) is 2. The zero-order chi connectivity index (χ0) is 12.8. The van der Waals surface area contributed by atoms with Gasteiger partial charge in [-0.25, -0.2) is 8.78 Å². The summed E-state index contributed by atoms with van der Waals surface area (Å²) in [6.07, 6.45) is 2.42. The molecule has 96 valence electrons. The van der Waals surface area contributed by atoms with Crippen molar-refractivity contribution in [3.8, 4) is 0 Å². The molecule has 1 aliphatic rings. The smallest absolute Gasteiger partial charge is 0.248 e. The number of rotatable bonds is 2. The molecule has 0 bridgehead atoms. The van der Waals surface area contributed by atoms with Crippen LogP contribution in [0.1, 0.15) is 19.3 Å². The number of hydrogen-bond acceptors (Lipinski definition) is 1. The summed E-state index contributed by atoms with van der Waals surface area (Å²) in [6.45, 7) is 0.596. The Balaban J connectivity index is 1.85. The Morgan fingerprint density at radius 1 is 1.44 bits per heavy atom. The minimum atomic E-state index is -2.47. The molecule has 1 aromatic heterocycles. The molecule has 2 aromatic rings. The van der Waals surface area contributed by atoms with Crippen LogP contribution in [0.5, 0.6) is 0 Å². The minimum Gasteiger partial charge on any atom is -0.265 e. The molecule has 0 amide bonds. The van der Waals surface area contributed by atoms with Gasteiger partial charge in [0.05, 0.1) is 11.7 Å². The van der Waals surface area contributed by atoms with Crippen molar-refractivity contribution in [2.24, 2.45) is 5.92 Å². The largest absolute Gasteiger partial charge is 0.265 e. The molecule has 1 aliphatic carbocycles. The predicted octanol–water partition coefficient (Wildman–Crippen LogP) is 4.08. The van der Waals surface area contributed by atoms with Gasteiger partial charge in [-0.15, -0.1) is 0 Å². The molecule has 0 spiro atoms. The maximum absolute atomic E-state index is 13.2. The van der Waals surface area contributed by atoms with Gasteiger partial charge in [0.25, 0.3) is 0 Å². The van der Waals surface area contributed by atoms with Crippen LogP contribution in [0, 0.1) is 9.49 Å². The third-order valence-electron chi connectivity index (χ3n) is 3.54. The highest BCUT2D eigenvalue weighted by molar-refractivity contribution is 14.1. The zero-order valence-electron chi connectivity index (χ0n) is 9.74. The first-order valence-corrected chi connectivity index (χ1v) is 7.10. The van der Waals surface area contributed by atoms with Crippen molar-refractivity contribution in [3.63, 3.8) is 0 Å². The van der Waals surface area contributed by atoms with Gasteiger partial charge in [-0.2, -0.15) is 5.10 Å². The van der Waals surface area contributed by atoms with Crippen LogP contribution in [-0.2, 0) is 6.54 Å². The van der Waals surface area contributed by atoms with Gasteiger partial charge in [0.2, 0.25) is 5.92 Å². The molecule has 1 atom stereocenters. The fourth-order valence-electron chi connectivity index (χ4n) is 2.63. The van der Waals surface area contributed by atoms with E-state index in [1.165, 1.54) is 0 Å². The highest BCUT2D eigenvalue weighted by Gasteiger charge is 2.39. The van der Waals surface area contributed by atoms with Gasteiger partial charge in [-0.3, -0.25) is 4.68 Å². The van der Waals surface area contributed by atoms with Crippen molar-refractivity contribution in [2.75, 3.05) is 0 Å². The van der Waals surface area contributed by atoms with Crippen molar-refractivity contribution >= 4 is 33.5 Å². The summed E-state index contributed by atoms with van der Waals surface area (Å²) >= 11 is 2.25. The van der Waals surface area contributed by atoms with E-state index in [0.717, 1.165) is 14.5 Å². The molecular weight excluding hydrogens is 349 g/mol. The SMILES string of the molecule is FC1(F)CCC(Cn2ncc3ccc(I)cc32)C1. The predicted molar refractivity (Wildman–Crippen MR) is 74.7 cm³/mol. The lowest BCUT2D eigenvalue weighted by Gasteiger charge is -2.11. The second kappa shape index (κ2) is 4.43. The topological polar surface area (TPSA) is 17.8 Å². The molecule has 1 saturated carbocycles. The Kier molecular flexibility index (Phi) is 3.03. The minimum absolute atomic E-state index is 0.00171. The standard InChI is InChI=1S/C13H13F2IN2/c14-13(15)4-3-9(6-13)8-18-12-5-11(16)2-1-10(12)7-17-18/h1-2,5,7,9H,3-4,6,8H2. The van der Waals surface area contributed by atoms with Crippen LogP contribution in [-0.4, -0.2) is 15.7 Å². The first-order chi connectivity index (χ1) is 8.53. The summed E-state index contributed by atoms with van der Waals surface area (Å²) < 4.78 is 29.3. The third kappa shape index (κ3) is 2.37. The molecule has 1 fully saturated rings. The summed E-state index contributed by atoms with van der Waals surface area (Å²) in [5.41, 5.74) is 1.04. The Labute approximate surface area is 117 Å². The van der Waals surface area contributed by atoms with Gasteiger partial charge in [0.1, 0.15) is 0 Å². The van der Waals surface area contributed by atoms with E-state index in [4.69, 9.17) is 0 Å². The second-order valence-corrected chi connectivity index (χ2v) is 6.24. The maximum Gasteiger partial charge on any atom is 0.248 e. The Bertz CT molecular complexity index is 579. The number of halogens is 3. The first kappa shape index (κ1) is 12.3. The van der Waals surface area contributed by atoms with E-state index in [2.05, 4.69) is 33.8 Å². The van der Waals surface area contributed by atoms with Crippen LogP contribution in [0.15, 0.2) is 24.4 Å². The number of aromatic nitrogens is 2. The van der Waals surface area contributed by atoms with Crippen LogP contribution in [0.25, 0.3) is 10.9 Å². The highest BCUT2D eigenvalue weighted by Crippen LogP contribution is 2.39. The second-order valence-electron chi connectivity index (χ2n) is 4.99. The summed E-state index contributed by atoms with van der Waals surface area (Å²) in [5, 5.41) is 5.39. The Morgan fingerprint density at radius 2 is 2.28 bits per heavy atom. The number of alkyl halides is 2. The van der Waals surface area contributed by atoms with E-state index >= 15 is 0 Å². The molecule has 1 heterocycles. The van der Waals surface area contributed by atoms with Crippen LogP contribution < -0.4 is 0 Å². The van der Waals surface area contributed by atoms with Crippen molar-refractivity contribution < 1.29 is 8.78 Å². The molecule has 1 unspecified atom stereocenters.